The molecule has 0 amide bonds. The first kappa shape index (κ1) is 92.1. The minimum atomic E-state index is -4.96. The summed E-state index contributed by atoms with van der Waals surface area (Å²) in [5.41, 5.74) is 0. The van der Waals surface area contributed by atoms with Crippen molar-refractivity contribution in [2.75, 3.05) is 39.6 Å². The quantitative estimate of drug-likeness (QED) is 0.0222. The Morgan fingerprint density at radius 3 is 0.755 bits per heavy atom. The number of phosphoric ester groups is 2. The molecule has 0 rings (SSSR count). The number of hydrogen-bond donors (Lipinski definition) is 3. The van der Waals surface area contributed by atoms with Crippen molar-refractivity contribution in [3.8, 4) is 0 Å². The molecule has 0 aliphatic rings. The van der Waals surface area contributed by atoms with E-state index in [0.29, 0.717) is 37.5 Å². The zero-order valence-corrected chi connectivity index (χ0v) is 63.4. The van der Waals surface area contributed by atoms with Gasteiger partial charge >= 0.3 is 39.5 Å². The van der Waals surface area contributed by atoms with Gasteiger partial charge in [-0.05, 0) is 49.4 Å². The number of unbranched alkanes of at least 4 members (excludes halogenated alkanes) is 36. The second-order valence-electron chi connectivity index (χ2n) is 28.5. The van der Waals surface area contributed by atoms with Gasteiger partial charge < -0.3 is 33.8 Å². The number of ether oxygens (including phenoxy) is 4. The predicted octanol–water partition coefficient (Wildman–Crippen LogP) is 21.7. The molecule has 4 unspecified atom stereocenters. The van der Waals surface area contributed by atoms with Gasteiger partial charge in [0.15, 0.2) is 12.2 Å². The molecule has 0 radical (unpaired) electrons. The highest BCUT2D eigenvalue weighted by molar-refractivity contribution is 7.47. The zero-order valence-electron chi connectivity index (χ0n) is 61.6. The number of rotatable bonds is 72. The van der Waals surface area contributed by atoms with Crippen LogP contribution in [0.25, 0.3) is 0 Å². The average Bonchev–Trinajstić information content (AvgIpc) is 3.65. The van der Waals surface area contributed by atoms with Crippen LogP contribution in [0, 0.1) is 23.7 Å². The van der Waals surface area contributed by atoms with Crippen LogP contribution >= 0.6 is 15.6 Å². The van der Waals surface area contributed by atoms with E-state index in [9.17, 15) is 43.2 Å². The Morgan fingerprint density at radius 2 is 0.511 bits per heavy atom. The molecule has 94 heavy (non-hydrogen) atoms. The van der Waals surface area contributed by atoms with Gasteiger partial charge in [-0.15, -0.1) is 0 Å². The monoisotopic (exact) mass is 1380 g/mol. The number of hydrogen-bond acceptors (Lipinski definition) is 15. The lowest BCUT2D eigenvalue weighted by molar-refractivity contribution is -0.161. The van der Waals surface area contributed by atoms with Crippen LogP contribution in [0.3, 0.4) is 0 Å². The van der Waals surface area contributed by atoms with Gasteiger partial charge in [0.05, 0.1) is 26.4 Å². The SMILES string of the molecule is CCC(C)CCCCCCCCCCCCCCCCCCCCC(=O)OC[C@H](COP(=O)(O)OC[C@@H](O)COP(=O)(O)OC[C@@H](COC(=O)CCCCCCCCC(C)C)OC(=O)CCCCCCCCC(C)C)OC(=O)CCCCCCCCCCCCC(C)CC. The second-order valence-corrected chi connectivity index (χ2v) is 31.4. The summed E-state index contributed by atoms with van der Waals surface area (Å²) in [6.45, 7) is 14.1. The maximum Gasteiger partial charge on any atom is 0.472 e. The van der Waals surface area contributed by atoms with E-state index >= 15 is 0 Å². The van der Waals surface area contributed by atoms with E-state index in [1.54, 1.807) is 0 Å². The predicted molar refractivity (Wildman–Crippen MR) is 381 cm³/mol. The Kier molecular flexibility index (Phi) is 63.1. The summed E-state index contributed by atoms with van der Waals surface area (Å²) in [5.74, 6) is 0.895. The van der Waals surface area contributed by atoms with Gasteiger partial charge in [-0.3, -0.25) is 37.3 Å². The zero-order chi connectivity index (χ0) is 69.6. The number of aliphatic hydroxyl groups excluding tert-OH is 1. The van der Waals surface area contributed by atoms with Crippen LogP contribution in [0.1, 0.15) is 376 Å². The third-order valence-electron chi connectivity index (χ3n) is 18.0. The molecule has 0 heterocycles. The number of aliphatic hydroxyl groups is 1. The molecule has 0 fully saturated rings. The third kappa shape index (κ3) is 66.0. The fourth-order valence-electron chi connectivity index (χ4n) is 11.3. The first-order valence-corrected chi connectivity index (χ1v) is 41.8. The van der Waals surface area contributed by atoms with Gasteiger partial charge in [0.2, 0.25) is 0 Å². The van der Waals surface area contributed by atoms with Crippen LogP contribution in [-0.4, -0.2) is 96.7 Å². The van der Waals surface area contributed by atoms with Crippen molar-refractivity contribution in [1.82, 2.24) is 0 Å². The summed E-state index contributed by atoms with van der Waals surface area (Å²) in [6, 6.07) is 0. The van der Waals surface area contributed by atoms with Crippen molar-refractivity contribution in [3.05, 3.63) is 0 Å². The molecule has 0 saturated heterocycles. The fourth-order valence-corrected chi connectivity index (χ4v) is 12.9. The minimum Gasteiger partial charge on any atom is -0.462 e. The van der Waals surface area contributed by atoms with E-state index < -0.39 is 97.5 Å². The Morgan fingerprint density at radius 1 is 0.298 bits per heavy atom. The van der Waals surface area contributed by atoms with E-state index in [-0.39, 0.29) is 25.7 Å². The third-order valence-corrected chi connectivity index (χ3v) is 19.9. The minimum absolute atomic E-state index is 0.101. The summed E-state index contributed by atoms with van der Waals surface area (Å²) in [7, 11) is -9.91. The Bertz CT molecular complexity index is 1850. The molecule has 0 aliphatic carbocycles. The van der Waals surface area contributed by atoms with Gasteiger partial charge in [-0.2, -0.15) is 0 Å². The molecule has 0 aromatic carbocycles. The summed E-state index contributed by atoms with van der Waals surface area (Å²) in [6.07, 6.45) is 49.0. The number of phosphoric acid groups is 2. The van der Waals surface area contributed by atoms with Gasteiger partial charge in [-0.25, -0.2) is 9.13 Å². The van der Waals surface area contributed by atoms with Crippen LogP contribution < -0.4 is 0 Å². The summed E-state index contributed by atoms with van der Waals surface area (Å²) >= 11 is 0. The van der Waals surface area contributed by atoms with Crippen molar-refractivity contribution in [2.24, 2.45) is 23.7 Å². The Hall–Kier alpha value is -1.94. The molecular weight excluding hydrogens is 1230 g/mol. The maximum absolute atomic E-state index is 13.1. The lowest BCUT2D eigenvalue weighted by atomic mass is 9.99. The van der Waals surface area contributed by atoms with Crippen LogP contribution in [0.15, 0.2) is 0 Å². The normalized spacial score (nSPS) is 14.7. The molecule has 558 valence electrons. The molecule has 0 bridgehead atoms. The molecule has 0 aliphatic heterocycles. The van der Waals surface area contributed by atoms with Crippen molar-refractivity contribution in [3.63, 3.8) is 0 Å². The van der Waals surface area contributed by atoms with Crippen molar-refractivity contribution in [2.45, 2.75) is 395 Å². The maximum atomic E-state index is 13.1. The van der Waals surface area contributed by atoms with E-state index in [4.69, 9.17) is 37.0 Å². The molecule has 7 atom stereocenters. The molecule has 0 saturated carbocycles. The van der Waals surface area contributed by atoms with E-state index in [1.165, 1.54) is 173 Å². The number of carbonyl (C=O) groups excluding carboxylic acids is 4. The molecule has 17 nitrogen and oxygen atoms in total. The molecule has 0 aromatic rings. The average molecular weight is 1380 g/mol. The van der Waals surface area contributed by atoms with Crippen LogP contribution in [0.2, 0.25) is 0 Å². The lowest BCUT2D eigenvalue weighted by Crippen LogP contribution is -2.30. The van der Waals surface area contributed by atoms with Crippen molar-refractivity contribution < 1.29 is 80.2 Å². The van der Waals surface area contributed by atoms with Gasteiger partial charge in [0, 0.05) is 25.7 Å². The van der Waals surface area contributed by atoms with Gasteiger partial charge in [0.25, 0.3) is 0 Å². The standard InChI is InChI=1S/C75H146O17P2/c1-9-67(7)53-45-37-27-23-19-17-15-13-11-12-14-16-18-20-25-29-39-47-55-72(77)85-61-70(91-74(79)57-49-41-30-26-22-21-24-28-38-46-54-68(8)10-2)63-89-93(81,82)87-59-69(76)60-88-94(83,84)90-64-71(92-75(80)58-50-42-34-32-36-44-52-66(5)6)62-86-73(78)56-48-40-33-31-35-43-51-65(3)4/h65-71,76H,9-64H2,1-8H3,(H,81,82)(H,83,84)/t67?,68?,69-,70-,71-/m1/s1. The molecule has 0 spiro atoms. The molecular formula is C75H146O17P2. The van der Waals surface area contributed by atoms with Crippen molar-refractivity contribution in [1.29, 1.82) is 0 Å². The summed E-state index contributed by atoms with van der Waals surface area (Å²) in [4.78, 5) is 72.6. The second kappa shape index (κ2) is 64.4. The topological polar surface area (TPSA) is 237 Å². The Labute approximate surface area is 575 Å². The largest absolute Gasteiger partial charge is 0.472 e. The van der Waals surface area contributed by atoms with E-state index in [0.717, 1.165) is 108 Å². The van der Waals surface area contributed by atoms with Crippen LogP contribution in [-0.2, 0) is 65.4 Å². The van der Waals surface area contributed by atoms with Crippen molar-refractivity contribution >= 4 is 39.5 Å². The highest BCUT2D eigenvalue weighted by Crippen LogP contribution is 2.45. The molecule has 3 N–H and O–H groups in total. The lowest BCUT2D eigenvalue weighted by Gasteiger charge is -2.21. The van der Waals surface area contributed by atoms with E-state index in [2.05, 4.69) is 55.4 Å². The highest BCUT2D eigenvalue weighted by atomic mass is 31.2. The highest BCUT2D eigenvalue weighted by Gasteiger charge is 2.30. The number of carbonyl (C=O) groups is 4. The van der Waals surface area contributed by atoms with E-state index in [1.807, 2.05) is 0 Å². The van der Waals surface area contributed by atoms with Crippen LogP contribution in [0.5, 0.6) is 0 Å². The molecule has 19 heteroatoms. The Balaban J connectivity index is 5.15. The first-order valence-electron chi connectivity index (χ1n) is 38.8. The summed E-state index contributed by atoms with van der Waals surface area (Å²) < 4.78 is 68.3. The smallest absolute Gasteiger partial charge is 0.462 e. The van der Waals surface area contributed by atoms with Gasteiger partial charge in [0.1, 0.15) is 19.3 Å². The summed E-state index contributed by atoms with van der Waals surface area (Å²) in [5, 5.41) is 10.6. The molecule has 0 aromatic heterocycles. The van der Waals surface area contributed by atoms with Gasteiger partial charge in [-0.1, -0.05) is 325 Å². The first-order chi connectivity index (χ1) is 45.2. The number of esters is 4. The van der Waals surface area contributed by atoms with Crippen LogP contribution in [0.4, 0.5) is 0 Å². The fraction of sp³-hybridized carbons (Fsp3) is 0.947.